The van der Waals surface area contributed by atoms with E-state index < -0.39 is 0 Å². The second kappa shape index (κ2) is 18.2. The van der Waals surface area contributed by atoms with Crippen LogP contribution in [0.1, 0.15) is 40.6 Å². The summed E-state index contributed by atoms with van der Waals surface area (Å²) in [6.07, 6.45) is 5.38. The Morgan fingerprint density at radius 1 is 0.796 bits per heavy atom. The summed E-state index contributed by atoms with van der Waals surface area (Å²) in [5.41, 5.74) is 20.8. The van der Waals surface area contributed by atoms with Crippen molar-refractivity contribution >= 4 is 85.8 Å². The van der Waals surface area contributed by atoms with E-state index in [4.69, 9.17) is 45.1 Å². The van der Waals surface area contributed by atoms with E-state index in [1.54, 1.807) is 78.4 Å². The highest BCUT2D eigenvalue weighted by atomic mass is 35.5. The largest absolute Gasteiger partial charge is 0.490 e. The van der Waals surface area contributed by atoms with Crippen LogP contribution in [0.4, 0.5) is 28.4 Å². The maximum atomic E-state index is 12.3. The number of halogens is 2. The highest BCUT2D eigenvalue weighted by Crippen LogP contribution is 2.35. The third-order valence-corrected chi connectivity index (χ3v) is 7.67. The van der Waals surface area contributed by atoms with Crippen LogP contribution in [0.5, 0.6) is 5.75 Å². The summed E-state index contributed by atoms with van der Waals surface area (Å²) in [4.78, 5) is 28.0. The highest BCUT2D eigenvalue weighted by Gasteiger charge is 2.11. The number of carbonyl (C=O) groups is 2. The number of fused-ring (bicyclic) bond motifs is 1. The Labute approximate surface area is 297 Å². The Hall–Kier alpha value is -5.43. The van der Waals surface area contributed by atoms with Gasteiger partial charge in [-0.15, -0.1) is 5.10 Å². The van der Waals surface area contributed by atoms with Crippen molar-refractivity contribution in [1.29, 1.82) is 0 Å². The molecule has 11 nitrogen and oxygen atoms in total. The van der Waals surface area contributed by atoms with Crippen molar-refractivity contribution in [2.45, 2.75) is 19.8 Å². The van der Waals surface area contributed by atoms with Gasteiger partial charge in [0.1, 0.15) is 0 Å². The van der Waals surface area contributed by atoms with Gasteiger partial charge >= 0.3 is 0 Å². The molecule has 0 radical (unpaired) electrons. The molecule has 0 saturated carbocycles. The molecule has 14 heteroatoms. The fraction of sp³-hybridized carbons (Fsp3) is 0.114. The van der Waals surface area contributed by atoms with Crippen molar-refractivity contribution in [3.8, 4) is 5.75 Å². The van der Waals surface area contributed by atoms with Crippen molar-refractivity contribution in [3.05, 3.63) is 124 Å². The molecule has 0 aliphatic rings. The number of hydrogen-bond acceptors (Lipinski definition) is 10. The first-order valence-electron chi connectivity index (χ1n) is 15.0. The number of benzene rings is 4. The SMILES string of the molecule is CCCCOc1c(Cl)cc(N)cc1Cl.Nc1ccc(NC(=O)c2cncc3ccccc23)cc1.Nc1ccc(NC(=O)c2csnn2)cc1. The zero-order chi connectivity index (χ0) is 35.2. The first-order chi connectivity index (χ1) is 23.6. The lowest BCUT2D eigenvalue weighted by atomic mass is 10.1. The number of amides is 2. The van der Waals surface area contributed by atoms with E-state index in [-0.39, 0.29) is 11.8 Å². The van der Waals surface area contributed by atoms with Crippen LogP contribution in [0.2, 0.25) is 10.0 Å². The Balaban J connectivity index is 0.000000169. The number of nitrogens with zero attached hydrogens (tertiary/aromatic N) is 3. The Bertz CT molecular complexity index is 1950. The van der Waals surface area contributed by atoms with Gasteiger partial charge in [-0.2, -0.15) is 0 Å². The zero-order valence-electron chi connectivity index (χ0n) is 26.4. The standard InChI is InChI=1S/C16H13N3O.C10H13Cl2NO.C9H8N4OS/c17-12-5-7-13(8-6-12)19-16(20)15-10-18-9-11-3-1-2-4-14(11)15;1-2-3-4-14-10-8(11)5-7(13)6-9(10)12;10-6-1-3-7(4-2-6)11-9(14)8-5-15-13-12-8/h1-10H,17H2,(H,19,20);5-6H,2-4,13H2,1H3;1-5H,10H2,(H,11,14). The minimum atomic E-state index is -0.270. The van der Waals surface area contributed by atoms with Crippen molar-refractivity contribution in [2.24, 2.45) is 0 Å². The summed E-state index contributed by atoms with van der Waals surface area (Å²) in [6.45, 7) is 2.72. The molecule has 6 aromatic rings. The Morgan fingerprint density at radius 3 is 1.96 bits per heavy atom. The molecule has 0 fully saturated rings. The first-order valence-corrected chi connectivity index (χ1v) is 16.5. The van der Waals surface area contributed by atoms with Crippen LogP contribution in [-0.2, 0) is 0 Å². The predicted octanol–water partition coefficient (Wildman–Crippen LogP) is 8.20. The minimum Gasteiger partial charge on any atom is -0.490 e. The number of nitrogen functional groups attached to an aromatic ring is 3. The second-order valence-corrected chi connectivity index (χ2v) is 11.8. The number of ether oxygens (including phenoxy) is 1. The number of nitrogens with two attached hydrogens (primary N) is 3. The molecule has 4 aromatic carbocycles. The lowest BCUT2D eigenvalue weighted by Gasteiger charge is -2.09. The van der Waals surface area contributed by atoms with Crippen LogP contribution in [0.3, 0.4) is 0 Å². The Kier molecular flexibility index (Phi) is 13.5. The van der Waals surface area contributed by atoms with Crippen molar-refractivity contribution in [1.82, 2.24) is 14.6 Å². The van der Waals surface area contributed by atoms with Gasteiger partial charge in [-0.3, -0.25) is 14.6 Å². The molecule has 2 amide bonds. The minimum absolute atomic E-state index is 0.181. The van der Waals surface area contributed by atoms with Crippen molar-refractivity contribution in [2.75, 3.05) is 34.4 Å². The second-order valence-electron chi connectivity index (χ2n) is 10.4. The summed E-state index contributed by atoms with van der Waals surface area (Å²) in [5, 5.41) is 13.5. The van der Waals surface area contributed by atoms with Crippen LogP contribution in [0.25, 0.3) is 10.8 Å². The number of unbranched alkanes of at least 4 members (excludes halogenated alkanes) is 1. The number of hydrogen-bond donors (Lipinski definition) is 5. The van der Waals surface area contributed by atoms with E-state index >= 15 is 0 Å². The lowest BCUT2D eigenvalue weighted by Crippen LogP contribution is -2.12. The number of nitrogens with one attached hydrogen (secondary N) is 2. The van der Waals surface area contributed by atoms with Gasteiger partial charge < -0.3 is 32.6 Å². The maximum Gasteiger partial charge on any atom is 0.277 e. The van der Waals surface area contributed by atoms with Crippen LogP contribution in [0, 0.1) is 0 Å². The van der Waals surface area contributed by atoms with Gasteiger partial charge in [0.15, 0.2) is 11.4 Å². The van der Waals surface area contributed by atoms with Crippen LogP contribution in [-0.4, -0.2) is 33.0 Å². The summed E-state index contributed by atoms with van der Waals surface area (Å²) in [6, 6.07) is 24.9. The van der Waals surface area contributed by atoms with E-state index in [2.05, 4.69) is 32.1 Å². The first kappa shape index (κ1) is 36.4. The van der Waals surface area contributed by atoms with E-state index in [1.807, 2.05) is 24.3 Å². The molecule has 0 bridgehead atoms. The molecule has 0 saturated heterocycles. The third kappa shape index (κ3) is 11.1. The predicted molar refractivity (Wildman–Crippen MR) is 201 cm³/mol. The van der Waals surface area contributed by atoms with Crippen LogP contribution >= 0.6 is 34.7 Å². The number of carbonyl (C=O) groups excluding carboxylic acids is 2. The molecule has 0 aliphatic carbocycles. The van der Waals surface area contributed by atoms with Gasteiger partial charge in [0.2, 0.25) is 0 Å². The molecule has 0 unspecified atom stereocenters. The molecule has 0 spiro atoms. The summed E-state index contributed by atoms with van der Waals surface area (Å²) in [7, 11) is 0. The topological polar surface area (TPSA) is 184 Å². The van der Waals surface area contributed by atoms with Crippen molar-refractivity contribution in [3.63, 3.8) is 0 Å². The van der Waals surface area contributed by atoms with E-state index in [0.717, 1.165) is 35.1 Å². The fourth-order valence-corrected chi connectivity index (χ4v) is 5.17. The normalized spacial score (nSPS) is 10.2. The molecular formula is C35H34Cl2N8O3S. The molecule has 6 rings (SSSR count). The smallest absolute Gasteiger partial charge is 0.277 e. The Morgan fingerprint density at radius 2 is 1.39 bits per heavy atom. The van der Waals surface area contributed by atoms with Gasteiger partial charge in [0.25, 0.3) is 11.8 Å². The summed E-state index contributed by atoms with van der Waals surface area (Å²) < 4.78 is 9.05. The van der Waals surface area contributed by atoms with E-state index in [0.29, 0.717) is 62.1 Å². The molecule has 8 N–H and O–H groups in total. The van der Waals surface area contributed by atoms with Gasteiger partial charge in [-0.25, -0.2) is 0 Å². The molecule has 2 aromatic heterocycles. The number of pyridine rings is 1. The average Bonchev–Trinajstić information content (AvgIpc) is 3.64. The number of anilines is 5. The number of rotatable bonds is 8. The van der Waals surface area contributed by atoms with Gasteiger partial charge in [-0.1, -0.05) is 65.3 Å². The van der Waals surface area contributed by atoms with Crippen LogP contribution in [0.15, 0.2) is 103 Å². The van der Waals surface area contributed by atoms with E-state index in [1.165, 1.54) is 0 Å². The quantitative estimate of drug-likeness (QED) is 0.0765. The summed E-state index contributed by atoms with van der Waals surface area (Å²) >= 11 is 13.0. The molecule has 2 heterocycles. The third-order valence-electron chi connectivity index (χ3n) is 6.61. The monoisotopic (exact) mass is 716 g/mol. The van der Waals surface area contributed by atoms with E-state index in [9.17, 15) is 9.59 Å². The zero-order valence-corrected chi connectivity index (χ0v) is 28.7. The molecule has 0 atom stereocenters. The van der Waals surface area contributed by atoms with Crippen molar-refractivity contribution < 1.29 is 14.3 Å². The van der Waals surface area contributed by atoms with Gasteiger partial charge in [0, 0.05) is 51.6 Å². The molecular weight excluding hydrogens is 683 g/mol. The van der Waals surface area contributed by atoms with Gasteiger partial charge in [-0.05, 0) is 84.0 Å². The summed E-state index contributed by atoms with van der Waals surface area (Å²) in [5.74, 6) is 0.0728. The average molecular weight is 718 g/mol. The van der Waals surface area contributed by atoms with Gasteiger partial charge in [0.05, 0.1) is 22.2 Å². The highest BCUT2D eigenvalue weighted by molar-refractivity contribution is 7.03. The lowest BCUT2D eigenvalue weighted by molar-refractivity contribution is 0.101. The number of aromatic nitrogens is 3. The fourth-order valence-electron chi connectivity index (χ4n) is 4.12. The van der Waals surface area contributed by atoms with Crippen LogP contribution < -0.4 is 32.6 Å². The molecule has 49 heavy (non-hydrogen) atoms. The maximum absolute atomic E-state index is 12.3. The molecule has 0 aliphatic heterocycles. The molecule has 252 valence electrons.